The molecule has 0 aliphatic rings. The first-order chi connectivity index (χ1) is 12.7. The zero-order valence-electron chi connectivity index (χ0n) is 13.8. The van der Waals surface area contributed by atoms with Gasteiger partial charge in [-0.15, -0.1) is 0 Å². The predicted octanol–water partition coefficient (Wildman–Crippen LogP) is 2.97. The topological polar surface area (TPSA) is 67.2 Å². The Labute approximate surface area is 150 Å². The quantitative estimate of drug-likeness (QED) is 0.559. The van der Waals surface area contributed by atoms with Crippen molar-refractivity contribution >= 4 is 17.0 Å². The molecular weight excluding hydrogens is 328 g/mol. The molecule has 1 aromatic heterocycles. The minimum Gasteiger partial charge on any atom is -0.545 e. The van der Waals surface area contributed by atoms with Crippen LogP contribution in [0, 0.1) is 0 Å². The van der Waals surface area contributed by atoms with Crippen molar-refractivity contribution in [2.24, 2.45) is 0 Å². The van der Waals surface area contributed by atoms with E-state index in [1.54, 1.807) is 12.4 Å². The molecule has 0 N–H and O–H groups in total. The van der Waals surface area contributed by atoms with Crippen LogP contribution in [0.4, 0.5) is 0 Å². The molecule has 4 aromatic rings. The number of carbonyl (C=O) groups is 1. The standard InChI is InChI=1S/C21H16N2O3/c24-21(25)16-6-11-20-19(12-16)22-14-23(20)17-7-9-18(10-8-17)26-13-15-4-2-1-3-5-15/h1-12,14H,13H2,(H,24,25)/p-1. The number of fused-ring (bicyclic) bond motifs is 1. The van der Waals surface area contributed by atoms with Crippen LogP contribution in [0.25, 0.3) is 16.7 Å². The molecule has 0 aliphatic carbocycles. The monoisotopic (exact) mass is 343 g/mol. The first kappa shape index (κ1) is 15.9. The fourth-order valence-corrected chi connectivity index (χ4v) is 2.79. The summed E-state index contributed by atoms with van der Waals surface area (Å²) < 4.78 is 7.70. The first-order valence-electron chi connectivity index (χ1n) is 8.16. The Bertz CT molecular complexity index is 1050. The van der Waals surface area contributed by atoms with Crippen LogP contribution < -0.4 is 9.84 Å². The van der Waals surface area contributed by atoms with E-state index in [0.717, 1.165) is 22.5 Å². The maximum atomic E-state index is 11.0. The lowest BCUT2D eigenvalue weighted by molar-refractivity contribution is -0.255. The molecule has 3 aromatic carbocycles. The van der Waals surface area contributed by atoms with Gasteiger partial charge in [0.2, 0.25) is 0 Å². The van der Waals surface area contributed by atoms with Crippen LogP contribution in [0.1, 0.15) is 15.9 Å². The highest BCUT2D eigenvalue weighted by molar-refractivity contribution is 5.91. The molecule has 5 nitrogen and oxygen atoms in total. The number of carboxylic acids is 1. The second kappa shape index (κ2) is 6.72. The molecule has 0 amide bonds. The van der Waals surface area contributed by atoms with E-state index < -0.39 is 5.97 Å². The van der Waals surface area contributed by atoms with Crippen molar-refractivity contribution in [1.29, 1.82) is 0 Å². The molecule has 0 saturated heterocycles. The van der Waals surface area contributed by atoms with Gasteiger partial charge in [-0.3, -0.25) is 4.57 Å². The largest absolute Gasteiger partial charge is 0.545 e. The molecular formula is C21H15N2O3-. The van der Waals surface area contributed by atoms with Crippen molar-refractivity contribution in [3.05, 3.63) is 90.3 Å². The van der Waals surface area contributed by atoms with Crippen molar-refractivity contribution in [2.75, 3.05) is 0 Å². The fourth-order valence-electron chi connectivity index (χ4n) is 2.79. The molecule has 5 heteroatoms. The molecule has 0 radical (unpaired) electrons. The van der Waals surface area contributed by atoms with Crippen LogP contribution in [0.15, 0.2) is 79.1 Å². The summed E-state index contributed by atoms with van der Waals surface area (Å²) in [5, 5.41) is 11.0. The van der Waals surface area contributed by atoms with Crippen LogP contribution in [-0.2, 0) is 6.61 Å². The van der Waals surface area contributed by atoms with Crippen molar-refractivity contribution in [3.8, 4) is 11.4 Å². The Hall–Kier alpha value is -3.60. The highest BCUT2D eigenvalue weighted by atomic mass is 16.5. The van der Waals surface area contributed by atoms with Crippen molar-refractivity contribution in [2.45, 2.75) is 6.61 Å². The van der Waals surface area contributed by atoms with Gasteiger partial charge in [-0.2, -0.15) is 0 Å². The van der Waals surface area contributed by atoms with Gasteiger partial charge in [-0.25, -0.2) is 4.98 Å². The number of carboxylic acid groups (broad SMARTS) is 1. The summed E-state index contributed by atoms with van der Waals surface area (Å²) in [6.07, 6.45) is 1.67. The molecule has 1 heterocycles. The lowest BCUT2D eigenvalue weighted by atomic mass is 10.2. The van der Waals surface area contributed by atoms with E-state index in [0.29, 0.717) is 12.1 Å². The Morgan fingerprint density at radius 2 is 1.77 bits per heavy atom. The van der Waals surface area contributed by atoms with Crippen LogP contribution in [0.5, 0.6) is 5.75 Å². The van der Waals surface area contributed by atoms with Crippen molar-refractivity contribution in [3.63, 3.8) is 0 Å². The van der Waals surface area contributed by atoms with Gasteiger partial charge < -0.3 is 14.6 Å². The Kier molecular flexibility index (Phi) is 4.11. The van der Waals surface area contributed by atoms with Crippen LogP contribution in [-0.4, -0.2) is 15.5 Å². The normalized spacial score (nSPS) is 10.8. The molecule has 0 bridgehead atoms. The van der Waals surface area contributed by atoms with Gasteiger partial charge >= 0.3 is 0 Å². The maximum Gasteiger partial charge on any atom is 0.119 e. The highest BCUT2D eigenvalue weighted by Gasteiger charge is 2.06. The molecule has 0 fully saturated rings. The number of aromatic nitrogens is 2. The third-order valence-corrected chi connectivity index (χ3v) is 4.15. The lowest BCUT2D eigenvalue weighted by Gasteiger charge is -2.09. The molecule has 128 valence electrons. The van der Waals surface area contributed by atoms with E-state index in [-0.39, 0.29) is 5.56 Å². The summed E-state index contributed by atoms with van der Waals surface area (Å²) in [5.41, 5.74) is 3.58. The van der Waals surface area contributed by atoms with Crippen LogP contribution in [0.3, 0.4) is 0 Å². The summed E-state index contributed by atoms with van der Waals surface area (Å²) in [5.74, 6) is -0.428. The Morgan fingerprint density at radius 1 is 1.00 bits per heavy atom. The van der Waals surface area contributed by atoms with Gasteiger partial charge in [-0.1, -0.05) is 36.4 Å². The minimum atomic E-state index is -1.21. The maximum absolute atomic E-state index is 11.0. The molecule has 0 atom stereocenters. The summed E-state index contributed by atoms with van der Waals surface area (Å²) in [6, 6.07) is 22.4. The van der Waals surface area contributed by atoms with Crippen molar-refractivity contribution < 1.29 is 14.6 Å². The van der Waals surface area contributed by atoms with E-state index in [4.69, 9.17) is 4.74 Å². The number of hydrogen-bond acceptors (Lipinski definition) is 4. The number of ether oxygens (including phenoxy) is 1. The fraction of sp³-hybridized carbons (Fsp3) is 0.0476. The summed E-state index contributed by atoms with van der Waals surface area (Å²) in [6.45, 7) is 0.514. The zero-order valence-corrected chi connectivity index (χ0v) is 13.8. The number of rotatable bonds is 5. The van der Waals surface area contributed by atoms with E-state index >= 15 is 0 Å². The number of imidazole rings is 1. The third-order valence-electron chi connectivity index (χ3n) is 4.15. The summed E-state index contributed by atoms with van der Waals surface area (Å²) in [7, 11) is 0. The van der Waals surface area contributed by atoms with E-state index in [1.165, 1.54) is 12.1 Å². The third kappa shape index (κ3) is 3.15. The lowest BCUT2D eigenvalue weighted by Crippen LogP contribution is -2.21. The van der Waals surface area contributed by atoms with Gasteiger partial charge in [0.1, 0.15) is 18.7 Å². The molecule has 26 heavy (non-hydrogen) atoms. The molecule has 0 spiro atoms. The van der Waals surface area contributed by atoms with E-state index in [1.807, 2.05) is 59.2 Å². The molecule has 0 aliphatic heterocycles. The van der Waals surface area contributed by atoms with Gasteiger partial charge in [-0.05, 0) is 47.5 Å². The number of hydrogen-bond donors (Lipinski definition) is 0. The van der Waals surface area contributed by atoms with E-state index in [9.17, 15) is 9.90 Å². The second-order valence-corrected chi connectivity index (χ2v) is 5.87. The summed E-state index contributed by atoms with van der Waals surface area (Å²) >= 11 is 0. The second-order valence-electron chi connectivity index (χ2n) is 5.87. The molecule has 4 rings (SSSR count). The molecule has 0 unspecified atom stereocenters. The number of nitrogens with zero attached hydrogens (tertiary/aromatic N) is 2. The number of benzene rings is 3. The van der Waals surface area contributed by atoms with Crippen LogP contribution >= 0.6 is 0 Å². The van der Waals surface area contributed by atoms with Gasteiger partial charge in [0.05, 0.1) is 17.0 Å². The minimum absolute atomic E-state index is 0.118. The number of carbonyl (C=O) groups excluding carboxylic acids is 1. The summed E-state index contributed by atoms with van der Waals surface area (Å²) in [4.78, 5) is 15.2. The van der Waals surface area contributed by atoms with Gasteiger partial charge in [0, 0.05) is 5.69 Å². The van der Waals surface area contributed by atoms with Crippen LogP contribution in [0.2, 0.25) is 0 Å². The Morgan fingerprint density at radius 3 is 2.50 bits per heavy atom. The highest BCUT2D eigenvalue weighted by Crippen LogP contribution is 2.22. The SMILES string of the molecule is O=C([O-])c1ccc2c(c1)ncn2-c1ccc(OCc2ccccc2)cc1. The zero-order chi connectivity index (χ0) is 17.9. The van der Waals surface area contributed by atoms with E-state index in [2.05, 4.69) is 4.98 Å². The molecule has 0 saturated carbocycles. The smallest absolute Gasteiger partial charge is 0.119 e. The Balaban J connectivity index is 1.55. The number of aromatic carboxylic acids is 1. The predicted molar refractivity (Wildman–Crippen MR) is 96.2 cm³/mol. The van der Waals surface area contributed by atoms with Gasteiger partial charge in [0.25, 0.3) is 0 Å². The van der Waals surface area contributed by atoms with Gasteiger partial charge in [0.15, 0.2) is 0 Å². The average Bonchev–Trinajstić information content (AvgIpc) is 3.11. The van der Waals surface area contributed by atoms with Crippen molar-refractivity contribution in [1.82, 2.24) is 9.55 Å². The average molecular weight is 343 g/mol. The first-order valence-corrected chi connectivity index (χ1v) is 8.16.